The predicted octanol–water partition coefficient (Wildman–Crippen LogP) is 0.523. The maximum absolute atomic E-state index is 11.9. The van der Waals surface area contributed by atoms with E-state index in [2.05, 4.69) is 73.0 Å². The molecule has 0 saturated carbocycles. The molecule has 4 aromatic rings. The normalized spacial score (nSPS) is 13.9. The molecule has 1 aromatic heterocycles. The van der Waals surface area contributed by atoms with Gasteiger partial charge in [-0.1, -0.05) is 36.0 Å². The van der Waals surface area contributed by atoms with Crippen molar-refractivity contribution in [2.24, 2.45) is 12.8 Å². The van der Waals surface area contributed by atoms with E-state index < -0.39 is 16.2 Å². The second kappa shape index (κ2) is 10.5. The number of fused-ring (bicyclic) bond motifs is 2. The van der Waals surface area contributed by atoms with Crippen molar-refractivity contribution in [3.8, 4) is 11.3 Å². The molecule has 0 bridgehead atoms. The largest absolute Gasteiger partial charge is 0.366 e. The molecule has 3 aromatic carbocycles. The van der Waals surface area contributed by atoms with Crippen LogP contribution in [0.15, 0.2) is 82.7 Å². The van der Waals surface area contributed by atoms with Gasteiger partial charge in [0.2, 0.25) is 17.1 Å². The third-order valence-electron chi connectivity index (χ3n) is 5.98. The Hall–Kier alpha value is -3.44. The number of carbonyl (C=O) groups is 1. The van der Waals surface area contributed by atoms with E-state index in [1.165, 1.54) is 16.1 Å². The number of nitrogens with zero attached hydrogens (tertiary/aromatic N) is 2. The molecular weight excluding hydrogens is 514 g/mol. The summed E-state index contributed by atoms with van der Waals surface area (Å²) in [5, 5.41) is 2.14. The quantitative estimate of drug-likeness (QED) is 0.375. The number of carbonyl (C=O) groups excluding carboxylic acids is 1. The van der Waals surface area contributed by atoms with E-state index in [1.54, 1.807) is 17.8 Å². The topological polar surface area (TPSA) is 142 Å². The summed E-state index contributed by atoms with van der Waals surface area (Å²) in [5.41, 5.74) is 12.9. The number of hydrogen-bond donors (Lipinski definition) is 1. The first-order chi connectivity index (χ1) is 17.4. The van der Waals surface area contributed by atoms with Crippen molar-refractivity contribution < 1.29 is 38.2 Å². The summed E-state index contributed by atoms with van der Waals surface area (Å²) in [4.78, 5) is 15.4. The molecule has 0 aliphatic carbocycles. The minimum Gasteiger partial charge on any atom is -0.366 e. The summed E-state index contributed by atoms with van der Waals surface area (Å²) in [6, 6.07) is 24.8. The number of pyridine rings is 1. The molecule has 2 heterocycles. The first-order valence-corrected chi connectivity index (χ1v) is 13.1. The number of amides is 1. The van der Waals surface area contributed by atoms with Crippen molar-refractivity contribution in [1.82, 2.24) is 0 Å². The first-order valence-electron chi connectivity index (χ1n) is 11.1. The van der Waals surface area contributed by atoms with Crippen LogP contribution in [0.1, 0.15) is 21.5 Å². The summed E-state index contributed by atoms with van der Waals surface area (Å²) < 4.78 is 36.1. The summed E-state index contributed by atoms with van der Waals surface area (Å²) >= 11 is 1.77. The third-order valence-corrected chi connectivity index (χ3v) is 7.13. The fourth-order valence-electron chi connectivity index (χ4n) is 4.21. The number of rotatable bonds is 3. The van der Waals surface area contributed by atoms with E-state index in [0.717, 1.165) is 32.8 Å². The average Bonchev–Trinajstić information content (AvgIpc) is 3.14. The second-order valence-electron chi connectivity index (χ2n) is 8.50. The van der Waals surface area contributed by atoms with Crippen molar-refractivity contribution in [3.63, 3.8) is 0 Å². The zero-order valence-corrected chi connectivity index (χ0v) is 21.9. The lowest BCUT2D eigenvalue weighted by atomic mass is 10.0. The Labute approximate surface area is 220 Å². The Morgan fingerprint density at radius 1 is 1.00 bits per heavy atom. The van der Waals surface area contributed by atoms with Crippen LogP contribution in [0.4, 0.5) is 5.69 Å². The van der Waals surface area contributed by atoms with Gasteiger partial charge in [-0.15, -0.1) is 10.2 Å². The van der Waals surface area contributed by atoms with Gasteiger partial charge in [0.15, 0.2) is 0 Å². The molecule has 190 valence electrons. The number of thioether (sulfide) groups is 1. The fraction of sp³-hybridized carbons (Fsp3) is 0.111. The van der Waals surface area contributed by atoms with E-state index in [9.17, 15) is 4.79 Å². The van der Waals surface area contributed by atoms with Gasteiger partial charge in [-0.2, -0.15) is 4.57 Å². The van der Waals surface area contributed by atoms with E-state index >= 15 is 0 Å². The molecular formula is C27H24ClN3O5S. The number of aromatic nitrogens is 1. The molecule has 37 heavy (non-hydrogen) atoms. The van der Waals surface area contributed by atoms with E-state index in [1.807, 2.05) is 30.3 Å². The van der Waals surface area contributed by atoms with Gasteiger partial charge in [0.1, 0.15) is 7.05 Å². The highest BCUT2D eigenvalue weighted by Crippen LogP contribution is 2.46. The van der Waals surface area contributed by atoms with Crippen molar-refractivity contribution in [3.05, 3.63) is 94.5 Å². The van der Waals surface area contributed by atoms with Crippen molar-refractivity contribution >= 4 is 40.3 Å². The molecule has 0 unspecified atom stereocenters. The third kappa shape index (κ3) is 6.11. The van der Waals surface area contributed by atoms with Gasteiger partial charge in [0.25, 0.3) is 0 Å². The monoisotopic (exact) mass is 537 g/mol. The molecule has 1 amide bonds. The predicted molar refractivity (Wildman–Crippen MR) is 132 cm³/mol. The Bertz CT molecular complexity index is 1510. The molecule has 0 radical (unpaired) electrons. The molecule has 0 spiro atoms. The molecule has 10 heteroatoms. The lowest BCUT2D eigenvalue weighted by Gasteiger charge is -2.17. The molecule has 1 aliphatic rings. The molecule has 0 atom stereocenters. The Kier molecular flexibility index (Phi) is 7.56. The van der Waals surface area contributed by atoms with Crippen LogP contribution >= 0.6 is 11.8 Å². The Morgan fingerprint density at radius 3 is 2.32 bits per heavy atom. The van der Waals surface area contributed by atoms with Gasteiger partial charge in [-0.05, 0) is 60.5 Å². The summed E-state index contributed by atoms with van der Waals surface area (Å²) in [6.45, 7) is 2.12. The molecule has 0 fully saturated rings. The van der Waals surface area contributed by atoms with Crippen LogP contribution in [0.5, 0.6) is 0 Å². The van der Waals surface area contributed by atoms with E-state index in [0.29, 0.717) is 5.56 Å². The number of nitrogens with two attached hydrogens (primary N) is 1. The van der Waals surface area contributed by atoms with Gasteiger partial charge in [-0.3, -0.25) is 4.79 Å². The standard InChI is InChI=1S/C27H23N3OS.ClHO4/c1-17-9-11-23-25(13-17)32-26(30(23)3)16-20-15-24(18-7-5-4-6-8-18)29(2)22-12-10-19(27(28)31)14-21(20)22;2-1(3,4)5/h4-16H,1-3H3,(H-,28,31);(H,2,3,4,5). The number of anilines is 1. The maximum Gasteiger partial charge on any atom is 0.248 e. The van der Waals surface area contributed by atoms with Crippen LogP contribution in [0, 0.1) is 17.2 Å². The van der Waals surface area contributed by atoms with Gasteiger partial charge >= 0.3 is 0 Å². The van der Waals surface area contributed by atoms with Crippen molar-refractivity contribution in [2.45, 2.75) is 11.8 Å². The summed E-state index contributed by atoms with van der Waals surface area (Å²) in [7, 11) is -0.793. The number of benzene rings is 3. The highest BCUT2D eigenvalue weighted by Gasteiger charge is 2.24. The highest BCUT2D eigenvalue weighted by molar-refractivity contribution is 8.03. The number of halogens is 1. The van der Waals surface area contributed by atoms with Gasteiger partial charge in [-0.25, -0.2) is 18.6 Å². The zero-order chi connectivity index (χ0) is 26.9. The van der Waals surface area contributed by atoms with Gasteiger partial charge in [0.05, 0.1) is 16.1 Å². The molecule has 0 saturated heterocycles. The smallest absolute Gasteiger partial charge is 0.248 e. The van der Waals surface area contributed by atoms with E-state index in [4.69, 9.17) is 24.4 Å². The number of aryl methyl sites for hydroxylation is 2. The lowest BCUT2D eigenvalue weighted by Crippen LogP contribution is -2.68. The van der Waals surface area contributed by atoms with Crippen LogP contribution in [-0.4, -0.2) is 13.0 Å². The van der Waals surface area contributed by atoms with Gasteiger partial charge < -0.3 is 10.6 Å². The summed E-state index contributed by atoms with van der Waals surface area (Å²) in [5.74, 6) is -0.421. The number of primary amides is 1. The lowest BCUT2D eigenvalue weighted by molar-refractivity contribution is -2.00. The Balaban J connectivity index is 0.000000586. The maximum atomic E-state index is 11.9. The van der Waals surface area contributed by atoms with Crippen LogP contribution in [0.25, 0.3) is 28.2 Å². The van der Waals surface area contributed by atoms with Crippen LogP contribution in [-0.2, 0) is 7.05 Å². The number of hydrogen-bond acceptors (Lipinski definition) is 7. The molecule has 8 nitrogen and oxygen atoms in total. The van der Waals surface area contributed by atoms with Gasteiger partial charge in [0, 0.05) is 35.2 Å². The van der Waals surface area contributed by atoms with Crippen LogP contribution < -0.4 is 33.8 Å². The highest BCUT2D eigenvalue weighted by atomic mass is 35.7. The Morgan fingerprint density at radius 2 is 1.68 bits per heavy atom. The minimum atomic E-state index is -4.94. The average molecular weight is 538 g/mol. The molecule has 1 aliphatic heterocycles. The zero-order valence-electron chi connectivity index (χ0n) is 20.3. The SMILES string of the molecule is Cc1ccc2c(c1)S/C(=C/c1cc(-c3ccccc3)[n+](C)c3ccc(C(N)=O)cc13)N2C.[O-][Cl+3]([O-])([O-])[O-]. The van der Waals surface area contributed by atoms with Crippen LogP contribution in [0.3, 0.4) is 0 Å². The fourth-order valence-corrected chi connectivity index (χ4v) is 5.41. The van der Waals surface area contributed by atoms with Crippen LogP contribution in [0.2, 0.25) is 0 Å². The van der Waals surface area contributed by atoms with Crippen molar-refractivity contribution in [1.29, 1.82) is 0 Å². The van der Waals surface area contributed by atoms with Crippen molar-refractivity contribution in [2.75, 3.05) is 11.9 Å². The second-order valence-corrected chi connectivity index (χ2v) is 10.3. The first kappa shape index (κ1) is 26.6. The molecule has 5 rings (SSSR count). The summed E-state index contributed by atoms with van der Waals surface area (Å²) in [6.07, 6.45) is 2.21. The minimum absolute atomic E-state index is 0.421. The van der Waals surface area contributed by atoms with E-state index in [-0.39, 0.29) is 0 Å². The molecule has 2 N–H and O–H groups in total.